The Bertz CT molecular complexity index is 456. The third kappa shape index (κ3) is 3.66. The van der Waals surface area contributed by atoms with Crippen molar-refractivity contribution in [2.75, 3.05) is 0 Å². The highest BCUT2D eigenvalue weighted by atomic mass is 16.1. The molecular weight excluding hydrogens is 238 g/mol. The van der Waals surface area contributed by atoms with Crippen molar-refractivity contribution in [2.45, 2.75) is 45.6 Å². The summed E-state index contributed by atoms with van der Waals surface area (Å²) in [5, 5.41) is 3.08. The fourth-order valence-corrected chi connectivity index (χ4v) is 2.53. The molecule has 1 aromatic carbocycles. The molecule has 0 unspecified atom stereocenters. The van der Waals surface area contributed by atoms with Crippen LogP contribution in [0.25, 0.3) is 0 Å². The number of Topliss-reactive ketones (excluding diaryl/α,β-unsaturated/α-hetero) is 1. The normalized spacial score (nSPS) is 22.8. The molecule has 1 amide bonds. The van der Waals surface area contributed by atoms with Crippen molar-refractivity contribution >= 4 is 11.7 Å². The highest BCUT2D eigenvalue weighted by Crippen LogP contribution is 2.23. The van der Waals surface area contributed by atoms with Gasteiger partial charge < -0.3 is 5.32 Å². The van der Waals surface area contributed by atoms with E-state index in [2.05, 4.69) is 12.2 Å². The Balaban J connectivity index is 1.94. The Morgan fingerprint density at radius 3 is 2.05 bits per heavy atom. The maximum absolute atomic E-state index is 12.1. The summed E-state index contributed by atoms with van der Waals surface area (Å²) in [5.74, 6) is 0.769. The summed E-state index contributed by atoms with van der Waals surface area (Å²) in [6.45, 7) is 3.79. The molecule has 1 N–H and O–H groups in total. The molecule has 3 nitrogen and oxygen atoms in total. The van der Waals surface area contributed by atoms with Crippen molar-refractivity contribution < 1.29 is 9.59 Å². The molecule has 19 heavy (non-hydrogen) atoms. The second-order valence-corrected chi connectivity index (χ2v) is 5.56. The fraction of sp³-hybridized carbons (Fsp3) is 0.500. The number of benzene rings is 1. The quantitative estimate of drug-likeness (QED) is 0.847. The van der Waals surface area contributed by atoms with Gasteiger partial charge in [-0.2, -0.15) is 0 Å². The van der Waals surface area contributed by atoms with Gasteiger partial charge in [-0.1, -0.05) is 19.1 Å². The number of rotatable bonds is 3. The molecule has 1 saturated carbocycles. The molecule has 102 valence electrons. The van der Waals surface area contributed by atoms with E-state index in [1.807, 2.05) is 0 Å². The minimum Gasteiger partial charge on any atom is -0.349 e. The number of hydrogen-bond acceptors (Lipinski definition) is 2. The molecule has 0 bridgehead atoms. The predicted molar refractivity (Wildman–Crippen MR) is 75.3 cm³/mol. The number of nitrogens with one attached hydrogen (secondary N) is 1. The molecule has 0 aliphatic heterocycles. The van der Waals surface area contributed by atoms with E-state index < -0.39 is 0 Å². The Hall–Kier alpha value is -1.64. The SMILES string of the molecule is CC(=O)c1ccc(C(=O)NC2CCC(C)CC2)cc1. The molecular formula is C16H21NO2. The van der Waals surface area contributed by atoms with Crippen LogP contribution in [0.15, 0.2) is 24.3 Å². The predicted octanol–water partition coefficient (Wildman–Crippen LogP) is 3.20. The van der Waals surface area contributed by atoms with Crippen LogP contribution in [0.2, 0.25) is 0 Å². The zero-order chi connectivity index (χ0) is 13.8. The molecule has 0 saturated heterocycles. The molecule has 2 rings (SSSR count). The van der Waals surface area contributed by atoms with Gasteiger partial charge in [-0.05, 0) is 50.7 Å². The van der Waals surface area contributed by atoms with E-state index in [9.17, 15) is 9.59 Å². The largest absolute Gasteiger partial charge is 0.349 e. The zero-order valence-corrected chi connectivity index (χ0v) is 11.6. The van der Waals surface area contributed by atoms with Crippen LogP contribution in [-0.4, -0.2) is 17.7 Å². The number of carbonyl (C=O) groups excluding carboxylic acids is 2. The first kappa shape index (κ1) is 13.8. The average Bonchev–Trinajstić information content (AvgIpc) is 2.41. The van der Waals surface area contributed by atoms with Gasteiger partial charge >= 0.3 is 0 Å². The van der Waals surface area contributed by atoms with Gasteiger partial charge in [0.2, 0.25) is 0 Å². The van der Waals surface area contributed by atoms with Crippen LogP contribution >= 0.6 is 0 Å². The molecule has 0 spiro atoms. The van der Waals surface area contributed by atoms with E-state index >= 15 is 0 Å². The van der Waals surface area contributed by atoms with Crippen LogP contribution in [0.3, 0.4) is 0 Å². The van der Waals surface area contributed by atoms with Crippen LogP contribution in [0.5, 0.6) is 0 Å². The third-order valence-electron chi connectivity index (χ3n) is 3.90. The molecule has 0 radical (unpaired) electrons. The monoisotopic (exact) mass is 259 g/mol. The van der Waals surface area contributed by atoms with E-state index in [4.69, 9.17) is 0 Å². The van der Waals surface area contributed by atoms with Gasteiger partial charge in [0.25, 0.3) is 5.91 Å². The lowest BCUT2D eigenvalue weighted by Crippen LogP contribution is -2.37. The van der Waals surface area contributed by atoms with Crippen molar-refractivity contribution in [3.63, 3.8) is 0 Å². The minimum atomic E-state index is -0.0327. The van der Waals surface area contributed by atoms with Crippen molar-refractivity contribution in [3.05, 3.63) is 35.4 Å². The summed E-state index contributed by atoms with van der Waals surface area (Å²) in [6.07, 6.45) is 4.51. The number of amides is 1. The maximum Gasteiger partial charge on any atom is 0.251 e. The topological polar surface area (TPSA) is 46.2 Å². The van der Waals surface area contributed by atoms with Crippen LogP contribution in [0.4, 0.5) is 0 Å². The lowest BCUT2D eigenvalue weighted by molar-refractivity contribution is 0.0921. The summed E-state index contributed by atoms with van der Waals surface area (Å²) in [4.78, 5) is 23.3. The van der Waals surface area contributed by atoms with Crippen molar-refractivity contribution in [1.82, 2.24) is 5.32 Å². The van der Waals surface area contributed by atoms with E-state index in [1.54, 1.807) is 24.3 Å². The fourth-order valence-electron chi connectivity index (χ4n) is 2.53. The summed E-state index contributed by atoms with van der Waals surface area (Å²) in [6, 6.07) is 7.16. The van der Waals surface area contributed by atoms with Crippen molar-refractivity contribution in [3.8, 4) is 0 Å². The molecule has 0 atom stereocenters. The Kier molecular flexibility index (Phi) is 4.35. The molecule has 3 heteroatoms. The zero-order valence-electron chi connectivity index (χ0n) is 11.6. The Morgan fingerprint density at radius 2 is 1.53 bits per heavy atom. The Morgan fingerprint density at radius 1 is 1.00 bits per heavy atom. The lowest BCUT2D eigenvalue weighted by Gasteiger charge is -2.26. The molecule has 1 aliphatic rings. The second-order valence-electron chi connectivity index (χ2n) is 5.56. The minimum absolute atomic E-state index is 0.0215. The van der Waals surface area contributed by atoms with E-state index in [0.717, 1.165) is 18.8 Å². The standard InChI is InChI=1S/C16H21NO2/c1-11-3-9-15(10-4-11)17-16(19)14-7-5-13(6-8-14)12(2)18/h5-8,11,15H,3-4,9-10H2,1-2H3,(H,17,19). The van der Waals surface area contributed by atoms with E-state index in [1.165, 1.54) is 19.8 Å². The van der Waals surface area contributed by atoms with Crippen molar-refractivity contribution in [1.29, 1.82) is 0 Å². The van der Waals surface area contributed by atoms with Gasteiger partial charge in [0.1, 0.15) is 0 Å². The smallest absolute Gasteiger partial charge is 0.251 e. The van der Waals surface area contributed by atoms with Gasteiger partial charge in [-0.25, -0.2) is 0 Å². The van der Waals surface area contributed by atoms with Gasteiger partial charge in [-0.15, -0.1) is 0 Å². The first-order valence-corrected chi connectivity index (χ1v) is 6.98. The average molecular weight is 259 g/mol. The van der Waals surface area contributed by atoms with Crippen LogP contribution in [-0.2, 0) is 0 Å². The molecule has 1 aliphatic carbocycles. The maximum atomic E-state index is 12.1. The number of carbonyl (C=O) groups is 2. The van der Waals surface area contributed by atoms with Crippen molar-refractivity contribution in [2.24, 2.45) is 5.92 Å². The summed E-state index contributed by atoms with van der Waals surface area (Å²) >= 11 is 0. The highest BCUT2D eigenvalue weighted by molar-refractivity contribution is 5.97. The van der Waals surface area contributed by atoms with Crippen LogP contribution in [0.1, 0.15) is 60.2 Å². The molecule has 1 aromatic rings. The summed E-state index contributed by atoms with van der Waals surface area (Å²) < 4.78 is 0. The molecule has 0 aromatic heterocycles. The Labute approximate surface area is 114 Å². The summed E-state index contributed by atoms with van der Waals surface area (Å²) in [7, 11) is 0. The lowest BCUT2D eigenvalue weighted by atomic mass is 9.87. The first-order chi connectivity index (χ1) is 9.06. The van der Waals surface area contributed by atoms with E-state index in [-0.39, 0.29) is 11.7 Å². The van der Waals surface area contributed by atoms with E-state index in [0.29, 0.717) is 17.2 Å². The van der Waals surface area contributed by atoms with Gasteiger partial charge in [0.05, 0.1) is 0 Å². The van der Waals surface area contributed by atoms with Crippen LogP contribution < -0.4 is 5.32 Å². The second kappa shape index (κ2) is 6.00. The first-order valence-electron chi connectivity index (χ1n) is 6.98. The van der Waals surface area contributed by atoms with Gasteiger partial charge in [-0.3, -0.25) is 9.59 Å². The molecule has 0 heterocycles. The highest BCUT2D eigenvalue weighted by Gasteiger charge is 2.20. The molecule has 1 fully saturated rings. The summed E-state index contributed by atoms with van der Waals surface area (Å²) in [5.41, 5.74) is 1.27. The number of ketones is 1. The number of hydrogen-bond donors (Lipinski definition) is 1. The van der Waals surface area contributed by atoms with Crippen LogP contribution in [0, 0.1) is 5.92 Å². The van der Waals surface area contributed by atoms with Gasteiger partial charge in [0.15, 0.2) is 5.78 Å². The third-order valence-corrected chi connectivity index (χ3v) is 3.90. The van der Waals surface area contributed by atoms with Gasteiger partial charge in [0, 0.05) is 17.2 Å².